The number of pyridine rings is 1. The SMILES string of the molecule is COc1cccc2c(C)c(CCC(=O)O)c(=O)n(C)c12. The molecular weight excluding hydrogens is 258 g/mol. The lowest BCUT2D eigenvalue weighted by Gasteiger charge is -2.15. The molecule has 0 unspecified atom stereocenters. The fraction of sp³-hybridized carbons (Fsp3) is 0.333. The number of benzene rings is 1. The van der Waals surface area contributed by atoms with E-state index in [1.165, 1.54) is 4.57 Å². The second-order valence-corrected chi connectivity index (χ2v) is 4.72. The number of aryl methyl sites for hydroxylation is 2. The van der Waals surface area contributed by atoms with Crippen molar-refractivity contribution in [3.63, 3.8) is 0 Å². The van der Waals surface area contributed by atoms with Gasteiger partial charge in [-0.05, 0) is 25.0 Å². The first-order valence-corrected chi connectivity index (χ1v) is 6.34. The van der Waals surface area contributed by atoms with E-state index in [-0.39, 0.29) is 18.4 Å². The molecule has 0 amide bonds. The van der Waals surface area contributed by atoms with Crippen LogP contribution < -0.4 is 10.3 Å². The van der Waals surface area contributed by atoms with Gasteiger partial charge in [0.05, 0.1) is 12.6 Å². The Morgan fingerprint density at radius 3 is 2.70 bits per heavy atom. The largest absolute Gasteiger partial charge is 0.495 e. The van der Waals surface area contributed by atoms with Crippen molar-refractivity contribution in [1.29, 1.82) is 0 Å². The van der Waals surface area contributed by atoms with Crippen LogP contribution in [0.3, 0.4) is 0 Å². The molecule has 0 aliphatic heterocycles. The van der Waals surface area contributed by atoms with Gasteiger partial charge in [0.15, 0.2) is 0 Å². The minimum absolute atomic E-state index is 0.0500. The van der Waals surface area contributed by atoms with Crippen LogP contribution >= 0.6 is 0 Å². The van der Waals surface area contributed by atoms with E-state index in [4.69, 9.17) is 9.84 Å². The molecule has 0 saturated heterocycles. The summed E-state index contributed by atoms with van der Waals surface area (Å²) in [6.07, 6.45) is 0.187. The van der Waals surface area contributed by atoms with Gasteiger partial charge >= 0.3 is 5.97 Å². The normalized spacial score (nSPS) is 10.8. The van der Waals surface area contributed by atoms with Gasteiger partial charge in [-0.25, -0.2) is 0 Å². The summed E-state index contributed by atoms with van der Waals surface area (Å²) >= 11 is 0. The van der Waals surface area contributed by atoms with Gasteiger partial charge in [0.25, 0.3) is 5.56 Å². The van der Waals surface area contributed by atoms with Crippen molar-refractivity contribution in [1.82, 2.24) is 4.57 Å². The van der Waals surface area contributed by atoms with Crippen LogP contribution in [0.5, 0.6) is 5.75 Å². The predicted molar refractivity (Wildman–Crippen MR) is 76.4 cm³/mol. The second kappa shape index (κ2) is 5.36. The molecule has 0 fully saturated rings. The average Bonchev–Trinajstić information content (AvgIpc) is 2.43. The quantitative estimate of drug-likeness (QED) is 0.925. The Kier molecular flexibility index (Phi) is 3.79. The number of methoxy groups -OCH3 is 1. The minimum atomic E-state index is -0.905. The van der Waals surface area contributed by atoms with Gasteiger partial charge in [0.1, 0.15) is 5.75 Å². The maximum absolute atomic E-state index is 12.4. The molecule has 0 aliphatic rings. The lowest BCUT2D eigenvalue weighted by atomic mass is 10.0. The third-order valence-corrected chi connectivity index (χ3v) is 3.56. The van der Waals surface area contributed by atoms with E-state index in [1.807, 2.05) is 19.1 Å². The van der Waals surface area contributed by atoms with Crippen LogP contribution in [0.4, 0.5) is 0 Å². The summed E-state index contributed by atoms with van der Waals surface area (Å²) in [7, 11) is 3.24. The summed E-state index contributed by atoms with van der Waals surface area (Å²) < 4.78 is 6.83. The molecule has 0 aliphatic carbocycles. The van der Waals surface area contributed by atoms with E-state index in [9.17, 15) is 9.59 Å². The van der Waals surface area contributed by atoms with Crippen LogP contribution in [0.1, 0.15) is 17.5 Å². The number of carboxylic acid groups (broad SMARTS) is 1. The number of para-hydroxylation sites is 1. The molecule has 0 atom stereocenters. The molecule has 106 valence electrons. The van der Waals surface area contributed by atoms with Gasteiger partial charge in [0, 0.05) is 24.4 Å². The van der Waals surface area contributed by atoms with Crippen LogP contribution in [0.25, 0.3) is 10.9 Å². The Labute approximate surface area is 116 Å². The molecule has 1 heterocycles. The molecule has 1 N–H and O–H groups in total. The van der Waals surface area contributed by atoms with Crippen molar-refractivity contribution in [3.05, 3.63) is 39.7 Å². The average molecular weight is 275 g/mol. The number of hydrogen-bond donors (Lipinski definition) is 1. The fourth-order valence-electron chi connectivity index (χ4n) is 2.49. The first-order valence-electron chi connectivity index (χ1n) is 6.34. The molecule has 0 bridgehead atoms. The number of ether oxygens (including phenoxy) is 1. The Bertz CT molecular complexity index is 731. The van der Waals surface area contributed by atoms with Crippen LogP contribution in [0.15, 0.2) is 23.0 Å². The zero-order chi connectivity index (χ0) is 14.9. The highest BCUT2D eigenvalue weighted by molar-refractivity contribution is 5.88. The van der Waals surface area contributed by atoms with E-state index in [1.54, 1.807) is 20.2 Å². The number of carboxylic acids is 1. The number of rotatable bonds is 4. The number of fused-ring (bicyclic) bond motifs is 1. The van der Waals surface area contributed by atoms with Crippen molar-refractivity contribution in [2.45, 2.75) is 19.8 Å². The number of nitrogens with zero attached hydrogens (tertiary/aromatic N) is 1. The van der Waals surface area contributed by atoms with Crippen molar-refractivity contribution in [2.24, 2.45) is 7.05 Å². The zero-order valence-electron chi connectivity index (χ0n) is 11.8. The van der Waals surface area contributed by atoms with Crippen molar-refractivity contribution in [3.8, 4) is 5.75 Å². The molecule has 1 aromatic heterocycles. The Hall–Kier alpha value is -2.30. The van der Waals surface area contributed by atoms with Crippen LogP contribution in [-0.4, -0.2) is 22.8 Å². The van der Waals surface area contributed by atoms with Gasteiger partial charge in [-0.15, -0.1) is 0 Å². The van der Waals surface area contributed by atoms with Gasteiger partial charge in [-0.1, -0.05) is 12.1 Å². The smallest absolute Gasteiger partial charge is 0.303 e. The summed E-state index contributed by atoms with van der Waals surface area (Å²) in [5, 5.41) is 9.70. The summed E-state index contributed by atoms with van der Waals surface area (Å²) in [6.45, 7) is 1.85. The van der Waals surface area contributed by atoms with E-state index in [0.717, 1.165) is 16.5 Å². The number of aromatic nitrogens is 1. The first-order chi connectivity index (χ1) is 9.47. The molecule has 1 aromatic carbocycles. The Balaban J connectivity index is 2.74. The maximum Gasteiger partial charge on any atom is 0.303 e. The third-order valence-electron chi connectivity index (χ3n) is 3.56. The topological polar surface area (TPSA) is 68.5 Å². The highest BCUT2D eigenvalue weighted by atomic mass is 16.5. The molecular formula is C15H17NO4. The monoisotopic (exact) mass is 275 g/mol. The first kappa shape index (κ1) is 14.1. The fourth-order valence-corrected chi connectivity index (χ4v) is 2.49. The van der Waals surface area contributed by atoms with E-state index < -0.39 is 5.97 Å². The highest BCUT2D eigenvalue weighted by Gasteiger charge is 2.15. The number of hydrogen-bond acceptors (Lipinski definition) is 3. The Morgan fingerprint density at radius 1 is 1.40 bits per heavy atom. The summed E-state index contributed by atoms with van der Waals surface area (Å²) in [5.74, 6) is -0.271. The molecule has 2 rings (SSSR count). The molecule has 0 spiro atoms. The second-order valence-electron chi connectivity index (χ2n) is 4.72. The van der Waals surface area contributed by atoms with Crippen molar-refractivity contribution >= 4 is 16.9 Å². The zero-order valence-corrected chi connectivity index (χ0v) is 11.8. The summed E-state index contributed by atoms with van der Waals surface area (Å²) in [4.78, 5) is 23.1. The standard InChI is InChI=1S/C15H17NO4/c1-9-10-5-4-6-12(20-3)14(10)16(2)15(19)11(9)7-8-13(17)18/h4-6H,7-8H2,1-3H3,(H,17,18). The van der Waals surface area contributed by atoms with E-state index in [0.29, 0.717) is 11.3 Å². The number of carbonyl (C=O) groups is 1. The lowest BCUT2D eigenvalue weighted by molar-refractivity contribution is -0.136. The number of aliphatic carboxylic acids is 1. The van der Waals surface area contributed by atoms with Gasteiger partial charge in [-0.2, -0.15) is 0 Å². The molecule has 2 aromatic rings. The third kappa shape index (κ3) is 2.27. The van der Waals surface area contributed by atoms with Gasteiger partial charge in [0.2, 0.25) is 0 Å². The molecule has 5 heteroatoms. The van der Waals surface area contributed by atoms with E-state index >= 15 is 0 Å². The summed E-state index contributed by atoms with van der Waals surface area (Å²) in [6, 6.07) is 5.58. The van der Waals surface area contributed by atoms with Gasteiger partial charge < -0.3 is 14.4 Å². The highest BCUT2D eigenvalue weighted by Crippen LogP contribution is 2.27. The molecule has 5 nitrogen and oxygen atoms in total. The van der Waals surface area contributed by atoms with Crippen LogP contribution in [0.2, 0.25) is 0 Å². The van der Waals surface area contributed by atoms with Crippen molar-refractivity contribution in [2.75, 3.05) is 7.11 Å². The molecule has 0 radical (unpaired) electrons. The van der Waals surface area contributed by atoms with Gasteiger partial charge in [-0.3, -0.25) is 9.59 Å². The predicted octanol–water partition coefficient (Wildman–Crippen LogP) is 1.87. The van der Waals surface area contributed by atoms with Crippen LogP contribution in [-0.2, 0) is 18.3 Å². The molecule has 20 heavy (non-hydrogen) atoms. The maximum atomic E-state index is 12.4. The Morgan fingerprint density at radius 2 is 2.10 bits per heavy atom. The van der Waals surface area contributed by atoms with Crippen molar-refractivity contribution < 1.29 is 14.6 Å². The molecule has 0 saturated carbocycles. The lowest BCUT2D eigenvalue weighted by Crippen LogP contribution is -2.24. The summed E-state index contributed by atoms with van der Waals surface area (Å²) in [5.41, 5.74) is 1.94. The minimum Gasteiger partial charge on any atom is -0.495 e. The van der Waals surface area contributed by atoms with Crippen LogP contribution in [0, 0.1) is 6.92 Å². The van der Waals surface area contributed by atoms with E-state index in [2.05, 4.69) is 0 Å².